The molecule has 0 aliphatic heterocycles. The Balaban J connectivity index is 2.23. The van der Waals surface area contributed by atoms with Gasteiger partial charge in [0, 0.05) is 15.9 Å². The van der Waals surface area contributed by atoms with E-state index in [1.165, 1.54) is 24.1 Å². The summed E-state index contributed by atoms with van der Waals surface area (Å²) in [5.41, 5.74) is 2.28. The highest BCUT2D eigenvalue weighted by molar-refractivity contribution is 7.99. The van der Waals surface area contributed by atoms with Crippen LogP contribution < -0.4 is 4.74 Å². The maximum Gasteiger partial charge on any atom is 0.264 e. The van der Waals surface area contributed by atoms with Crippen molar-refractivity contribution in [2.75, 3.05) is 0 Å². The molecule has 0 bridgehead atoms. The zero-order valence-electron chi connectivity index (χ0n) is 14.9. The molecule has 0 aliphatic rings. The first-order chi connectivity index (χ1) is 11.7. The highest BCUT2D eigenvalue weighted by Gasteiger charge is 2.14. The number of rotatable bonds is 6. The smallest absolute Gasteiger partial charge is 0.264 e. The maximum absolute atomic E-state index is 13.2. The third kappa shape index (κ3) is 6.50. The molecule has 0 unspecified atom stereocenters. The third-order valence-corrected chi connectivity index (χ3v) is 4.22. The van der Waals surface area contributed by atoms with E-state index < -0.39 is 6.43 Å². The summed E-state index contributed by atoms with van der Waals surface area (Å²) < 4.78 is 36.6. The fraction of sp³-hybridized carbons (Fsp3) is 0.350. The molecule has 0 heterocycles. The van der Waals surface area contributed by atoms with E-state index in [9.17, 15) is 8.78 Å². The van der Waals surface area contributed by atoms with Crippen molar-refractivity contribution in [2.45, 2.75) is 45.5 Å². The predicted octanol–water partition coefficient (Wildman–Crippen LogP) is 6.46. The van der Waals surface area contributed by atoms with Crippen LogP contribution in [0.25, 0.3) is 0 Å². The number of halogens is 2. The number of nitrogens with zero attached hydrogens (tertiary/aromatic N) is 1. The Bertz CT molecular complexity index is 724. The molecule has 0 fully saturated rings. The standard InChI is InChI=1S/C20H23F2NOS/c1-14(23-25-20(2,3)4)16-10-17(19(21)22)12-18(11-16)24-13-15-8-6-5-7-9-15/h5-12,19H,13H2,1-4H3/b23-14+. The van der Waals surface area contributed by atoms with Crippen molar-refractivity contribution in [1.82, 2.24) is 0 Å². The fourth-order valence-corrected chi connectivity index (χ4v) is 2.56. The van der Waals surface area contributed by atoms with E-state index in [4.69, 9.17) is 4.74 Å². The average Bonchev–Trinajstić information content (AvgIpc) is 2.57. The second-order valence-electron chi connectivity index (χ2n) is 6.75. The minimum absolute atomic E-state index is 0.0335. The van der Waals surface area contributed by atoms with Crippen LogP contribution in [0.3, 0.4) is 0 Å². The van der Waals surface area contributed by atoms with Gasteiger partial charge in [-0.15, -0.1) is 0 Å². The van der Waals surface area contributed by atoms with Gasteiger partial charge in [0.2, 0.25) is 0 Å². The summed E-state index contributed by atoms with van der Waals surface area (Å²) in [4.78, 5) is 0. The van der Waals surface area contributed by atoms with Gasteiger partial charge in [-0.05, 0) is 63.4 Å². The molecule has 0 aromatic heterocycles. The van der Waals surface area contributed by atoms with E-state index in [0.717, 1.165) is 5.56 Å². The Morgan fingerprint density at radius 1 is 1.12 bits per heavy atom. The van der Waals surface area contributed by atoms with Gasteiger partial charge >= 0.3 is 0 Å². The van der Waals surface area contributed by atoms with Gasteiger partial charge in [0.25, 0.3) is 6.43 Å². The highest BCUT2D eigenvalue weighted by atomic mass is 32.2. The Morgan fingerprint density at radius 3 is 2.40 bits per heavy atom. The SMILES string of the molecule is C/C(=N\SC(C)(C)C)c1cc(OCc2ccccc2)cc(C(F)F)c1. The molecule has 0 amide bonds. The fourth-order valence-electron chi connectivity index (χ4n) is 2.04. The molecule has 0 saturated carbocycles. The van der Waals surface area contributed by atoms with Crippen LogP contribution in [0.4, 0.5) is 8.78 Å². The lowest BCUT2D eigenvalue weighted by atomic mass is 10.1. The van der Waals surface area contributed by atoms with E-state index in [-0.39, 0.29) is 10.3 Å². The highest BCUT2D eigenvalue weighted by Crippen LogP contribution is 2.29. The van der Waals surface area contributed by atoms with Gasteiger partial charge < -0.3 is 4.74 Å². The Labute approximate surface area is 152 Å². The second-order valence-corrected chi connectivity index (χ2v) is 8.34. The molecule has 2 rings (SSSR count). The molecule has 2 nitrogen and oxygen atoms in total. The van der Waals surface area contributed by atoms with Crippen LogP contribution in [0.1, 0.15) is 50.8 Å². The summed E-state index contributed by atoms with van der Waals surface area (Å²) in [6.45, 7) is 8.32. The van der Waals surface area contributed by atoms with Gasteiger partial charge in [0.05, 0.1) is 5.71 Å². The van der Waals surface area contributed by atoms with Crippen molar-refractivity contribution in [3.05, 3.63) is 65.2 Å². The summed E-state index contributed by atoms with van der Waals surface area (Å²) in [5.74, 6) is 0.423. The molecule has 5 heteroatoms. The average molecular weight is 363 g/mol. The quantitative estimate of drug-likeness (QED) is 0.434. The first-order valence-electron chi connectivity index (χ1n) is 8.07. The van der Waals surface area contributed by atoms with Crippen molar-refractivity contribution in [3.8, 4) is 5.75 Å². The van der Waals surface area contributed by atoms with Crippen LogP contribution in [-0.4, -0.2) is 10.5 Å². The number of alkyl halides is 2. The molecule has 2 aromatic carbocycles. The Morgan fingerprint density at radius 2 is 1.80 bits per heavy atom. The zero-order valence-corrected chi connectivity index (χ0v) is 15.7. The minimum atomic E-state index is -2.55. The van der Waals surface area contributed by atoms with Crippen LogP contribution in [0.5, 0.6) is 5.75 Å². The van der Waals surface area contributed by atoms with Gasteiger partial charge in [0.15, 0.2) is 0 Å². The van der Waals surface area contributed by atoms with Gasteiger partial charge in [-0.1, -0.05) is 30.3 Å². The Kier molecular flexibility index (Phi) is 6.59. The van der Waals surface area contributed by atoms with Crippen molar-refractivity contribution >= 4 is 17.7 Å². The lowest BCUT2D eigenvalue weighted by Crippen LogP contribution is -2.07. The van der Waals surface area contributed by atoms with Crippen molar-refractivity contribution in [3.63, 3.8) is 0 Å². The van der Waals surface area contributed by atoms with Crippen LogP contribution in [0.2, 0.25) is 0 Å². The lowest BCUT2D eigenvalue weighted by Gasteiger charge is -2.15. The van der Waals surface area contributed by atoms with Crippen molar-refractivity contribution < 1.29 is 13.5 Å². The minimum Gasteiger partial charge on any atom is -0.489 e. The van der Waals surface area contributed by atoms with Crippen molar-refractivity contribution in [1.29, 1.82) is 0 Å². The largest absolute Gasteiger partial charge is 0.489 e. The number of ether oxygens (including phenoxy) is 1. The molecule has 25 heavy (non-hydrogen) atoms. The van der Waals surface area contributed by atoms with Crippen molar-refractivity contribution in [2.24, 2.45) is 4.40 Å². The van der Waals surface area contributed by atoms with E-state index in [2.05, 4.69) is 25.2 Å². The topological polar surface area (TPSA) is 21.6 Å². The molecule has 0 spiro atoms. The molecule has 0 radical (unpaired) electrons. The van der Waals surface area contributed by atoms with E-state index >= 15 is 0 Å². The number of hydrogen-bond donors (Lipinski definition) is 0. The molecular weight excluding hydrogens is 340 g/mol. The molecule has 0 saturated heterocycles. The summed E-state index contributed by atoms with van der Waals surface area (Å²) in [5, 5.41) is 0. The molecule has 134 valence electrons. The van der Waals surface area contributed by atoms with Gasteiger partial charge in [-0.25, -0.2) is 13.2 Å². The predicted molar refractivity (Wildman–Crippen MR) is 102 cm³/mol. The summed E-state index contributed by atoms with van der Waals surface area (Å²) >= 11 is 1.43. The van der Waals surface area contributed by atoms with E-state index in [1.807, 2.05) is 37.3 Å². The molecule has 0 N–H and O–H groups in total. The first-order valence-corrected chi connectivity index (χ1v) is 8.85. The third-order valence-electron chi connectivity index (χ3n) is 3.30. The summed E-state index contributed by atoms with van der Waals surface area (Å²) in [6, 6.07) is 14.3. The van der Waals surface area contributed by atoms with Gasteiger partial charge in [-0.2, -0.15) is 0 Å². The molecule has 0 aliphatic carbocycles. The molecule has 2 aromatic rings. The first kappa shape index (κ1) is 19.4. The van der Waals surface area contributed by atoms with Crippen LogP contribution in [0, 0.1) is 0 Å². The molecule has 0 atom stereocenters. The van der Waals surface area contributed by atoms with Gasteiger partial charge in [0.1, 0.15) is 12.4 Å². The van der Waals surface area contributed by atoms with E-state index in [1.54, 1.807) is 6.07 Å². The van der Waals surface area contributed by atoms with E-state index in [0.29, 0.717) is 23.6 Å². The lowest BCUT2D eigenvalue weighted by molar-refractivity contribution is 0.150. The summed E-state index contributed by atoms with van der Waals surface area (Å²) in [6.07, 6.45) is -2.55. The zero-order chi connectivity index (χ0) is 18.4. The van der Waals surface area contributed by atoms with Crippen LogP contribution in [-0.2, 0) is 6.61 Å². The second kappa shape index (κ2) is 8.48. The normalized spacial score (nSPS) is 12.5. The van der Waals surface area contributed by atoms with Gasteiger partial charge in [-0.3, -0.25) is 0 Å². The maximum atomic E-state index is 13.2. The van der Waals surface area contributed by atoms with Crippen LogP contribution in [0.15, 0.2) is 52.9 Å². The molecular formula is C20H23F2NOS. The Hall–Kier alpha value is -1.88. The number of benzene rings is 2. The summed E-state index contributed by atoms with van der Waals surface area (Å²) in [7, 11) is 0. The number of hydrogen-bond acceptors (Lipinski definition) is 3. The monoisotopic (exact) mass is 363 g/mol. The van der Waals surface area contributed by atoms with Crippen LogP contribution >= 0.6 is 11.9 Å².